The molecule has 0 aliphatic rings. The summed E-state index contributed by atoms with van der Waals surface area (Å²) in [7, 11) is -2.53. The molecule has 3 aromatic carbocycles. The van der Waals surface area contributed by atoms with Gasteiger partial charge in [-0.1, -0.05) is 49.4 Å². The molecule has 0 unspecified atom stereocenters. The van der Waals surface area contributed by atoms with Crippen molar-refractivity contribution in [3.8, 4) is 5.75 Å². The molecule has 0 radical (unpaired) electrons. The number of nitrogens with zero attached hydrogens (tertiary/aromatic N) is 2. The molecule has 2 amide bonds. The lowest BCUT2D eigenvalue weighted by atomic mass is 10.1. The van der Waals surface area contributed by atoms with E-state index in [-0.39, 0.29) is 23.4 Å². The number of rotatable bonds is 12. The van der Waals surface area contributed by atoms with Crippen LogP contribution in [0.2, 0.25) is 0 Å². The van der Waals surface area contributed by atoms with Gasteiger partial charge in [-0.2, -0.15) is 0 Å². The molecule has 0 saturated carbocycles. The Balaban J connectivity index is 2.02. The highest BCUT2D eigenvalue weighted by Gasteiger charge is 2.32. The Morgan fingerprint density at radius 3 is 2.28 bits per heavy atom. The predicted octanol–water partition coefficient (Wildman–Crippen LogP) is 4.53. The third-order valence-electron chi connectivity index (χ3n) is 6.56. The number of amides is 2. The van der Waals surface area contributed by atoms with Crippen molar-refractivity contribution in [1.29, 1.82) is 0 Å². The first-order valence-electron chi connectivity index (χ1n) is 12.9. The number of ether oxygens (including phenoxy) is 1. The van der Waals surface area contributed by atoms with E-state index < -0.39 is 28.5 Å². The van der Waals surface area contributed by atoms with Crippen molar-refractivity contribution in [2.45, 2.75) is 57.6 Å². The van der Waals surface area contributed by atoms with Gasteiger partial charge in [0.15, 0.2) is 0 Å². The van der Waals surface area contributed by atoms with Crippen LogP contribution in [0.3, 0.4) is 0 Å². The predicted molar refractivity (Wildman–Crippen MR) is 153 cm³/mol. The first-order chi connectivity index (χ1) is 18.6. The number of nitrogens with one attached hydrogen (secondary N) is 1. The zero-order valence-electron chi connectivity index (χ0n) is 23.1. The van der Waals surface area contributed by atoms with Crippen molar-refractivity contribution in [2.75, 3.05) is 18.0 Å². The van der Waals surface area contributed by atoms with Gasteiger partial charge in [-0.05, 0) is 74.7 Å². The Morgan fingerprint density at radius 1 is 0.949 bits per heavy atom. The van der Waals surface area contributed by atoms with Crippen LogP contribution in [0, 0.1) is 6.92 Å². The number of sulfonamides is 1. The van der Waals surface area contributed by atoms with E-state index >= 15 is 0 Å². The summed E-state index contributed by atoms with van der Waals surface area (Å²) in [6, 6.07) is 21.3. The van der Waals surface area contributed by atoms with Crippen molar-refractivity contribution in [2.24, 2.45) is 0 Å². The van der Waals surface area contributed by atoms with Gasteiger partial charge in [0.05, 0.1) is 17.7 Å². The van der Waals surface area contributed by atoms with Crippen molar-refractivity contribution in [1.82, 2.24) is 10.2 Å². The van der Waals surface area contributed by atoms with E-state index in [0.29, 0.717) is 11.4 Å². The Bertz CT molecular complexity index is 1380. The number of carbonyl (C=O) groups excluding carboxylic acids is 2. The molecule has 8 nitrogen and oxygen atoms in total. The second-order valence-corrected chi connectivity index (χ2v) is 11.4. The fourth-order valence-electron chi connectivity index (χ4n) is 4.05. The molecule has 3 aromatic rings. The molecule has 0 bridgehead atoms. The van der Waals surface area contributed by atoms with Crippen LogP contribution >= 0.6 is 0 Å². The van der Waals surface area contributed by atoms with Crippen LogP contribution in [-0.2, 0) is 26.2 Å². The second kappa shape index (κ2) is 13.3. The minimum absolute atomic E-state index is 0.0706. The summed E-state index contributed by atoms with van der Waals surface area (Å²) in [6.07, 6.45) is 0.735. The molecule has 0 aromatic heterocycles. The molecule has 208 valence electrons. The molecular formula is C30H37N3O5S. The number of methoxy groups -OCH3 is 1. The lowest BCUT2D eigenvalue weighted by Crippen LogP contribution is -2.52. The fourth-order valence-corrected chi connectivity index (χ4v) is 5.47. The molecule has 0 aliphatic heterocycles. The van der Waals surface area contributed by atoms with Crippen molar-refractivity contribution in [3.05, 3.63) is 90.0 Å². The summed E-state index contributed by atoms with van der Waals surface area (Å²) < 4.78 is 34.0. The Hall–Kier alpha value is -3.85. The zero-order valence-corrected chi connectivity index (χ0v) is 23.9. The first kappa shape index (κ1) is 29.7. The number of hydrogen-bond donors (Lipinski definition) is 1. The standard InChI is InChI=1S/C30H37N3O5S/c1-6-23(3)31-30(35)24(4)32(20-25-13-11-15-27(19-25)38-5)29(34)21-33(26-14-10-12-22(2)18-26)39(36,37)28-16-8-7-9-17-28/h7-19,23-24H,6,20-21H2,1-5H3,(H,31,35)/t23-,24-/m0/s1. The fraction of sp³-hybridized carbons (Fsp3) is 0.333. The van der Waals surface area contributed by atoms with E-state index in [4.69, 9.17) is 4.74 Å². The minimum Gasteiger partial charge on any atom is -0.497 e. The van der Waals surface area contributed by atoms with Crippen LogP contribution < -0.4 is 14.4 Å². The number of aryl methyl sites for hydroxylation is 1. The van der Waals surface area contributed by atoms with Gasteiger partial charge in [0, 0.05) is 12.6 Å². The van der Waals surface area contributed by atoms with Gasteiger partial charge in [-0.25, -0.2) is 8.42 Å². The Morgan fingerprint density at radius 2 is 1.64 bits per heavy atom. The topological polar surface area (TPSA) is 96.0 Å². The summed E-state index contributed by atoms with van der Waals surface area (Å²) >= 11 is 0. The van der Waals surface area contributed by atoms with E-state index in [1.165, 1.54) is 17.0 Å². The third-order valence-corrected chi connectivity index (χ3v) is 8.34. The molecule has 39 heavy (non-hydrogen) atoms. The monoisotopic (exact) mass is 551 g/mol. The van der Waals surface area contributed by atoms with Gasteiger partial charge in [0.2, 0.25) is 11.8 Å². The summed E-state index contributed by atoms with van der Waals surface area (Å²) in [5.74, 6) is -0.205. The molecule has 0 spiro atoms. The van der Waals surface area contributed by atoms with E-state index in [1.54, 1.807) is 68.6 Å². The lowest BCUT2D eigenvalue weighted by molar-refractivity contribution is -0.139. The largest absolute Gasteiger partial charge is 0.497 e. The number of benzene rings is 3. The molecule has 1 N–H and O–H groups in total. The first-order valence-corrected chi connectivity index (χ1v) is 14.4. The van der Waals surface area contributed by atoms with Gasteiger partial charge < -0.3 is 15.0 Å². The smallest absolute Gasteiger partial charge is 0.264 e. The van der Waals surface area contributed by atoms with Crippen LogP contribution in [0.25, 0.3) is 0 Å². The minimum atomic E-state index is -4.09. The van der Waals surface area contributed by atoms with Crippen LogP contribution in [0.1, 0.15) is 38.3 Å². The molecule has 0 heterocycles. The van der Waals surface area contributed by atoms with Crippen molar-refractivity contribution < 1.29 is 22.7 Å². The molecular weight excluding hydrogens is 514 g/mol. The Labute approximate surface area is 231 Å². The normalized spacial score (nSPS) is 12.7. The quantitative estimate of drug-likeness (QED) is 0.357. The highest BCUT2D eigenvalue weighted by Crippen LogP contribution is 2.25. The van der Waals surface area contributed by atoms with Crippen LogP contribution in [0.15, 0.2) is 83.8 Å². The summed E-state index contributed by atoms with van der Waals surface area (Å²) in [6.45, 7) is 6.98. The maximum absolute atomic E-state index is 14.0. The van der Waals surface area contributed by atoms with Crippen molar-refractivity contribution in [3.63, 3.8) is 0 Å². The molecule has 0 saturated heterocycles. The van der Waals surface area contributed by atoms with Crippen molar-refractivity contribution >= 4 is 27.5 Å². The van der Waals surface area contributed by atoms with E-state index in [9.17, 15) is 18.0 Å². The highest BCUT2D eigenvalue weighted by atomic mass is 32.2. The molecule has 2 atom stereocenters. The molecule has 0 aliphatic carbocycles. The van der Waals surface area contributed by atoms with Gasteiger partial charge in [-0.15, -0.1) is 0 Å². The second-order valence-electron chi connectivity index (χ2n) is 9.53. The molecule has 0 fully saturated rings. The maximum atomic E-state index is 14.0. The summed E-state index contributed by atoms with van der Waals surface area (Å²) in [4.78, 5) is 28.6. The van der Waals surface area contributed by atoms with Gasteiger partial charge in [-0.3, -0.25) is 13.9 Å². The van der Waals surface area contributed by atoms with Gasteiger partial charge in [0.25, 0.3) is 10.0 Å². The average molecular weight is 552 g/mol. The average Bonchev–Trinajstić information content (AvgIpc) is 2.94. The number of anilines is 1. The summed E-state index contributed by atoms with van der Waals surface area (Å²) in [5, 5.41) is 2.93. The van der Waals surface area contributed by atoms with Crippen LogP contribution in [0.5, 0.6) is 5.75 Å². The van der Waals surface area contributed by atoms with Gasteiger partial charge >= 0.3 is 0 Å². The third kappa shape index (κ3) is 7.60. The van der Waals surface area contributed by atoms with Gasteiger partial charge in [0.1, 0.15) is 18.3 Å². The summed E-state index contributed by atoms with van der Waals surface area (Å²) in [5.41, 5.74) is 1.96. The Kier molecular flexibility index (Phi) is 10.1. The number of carbonyl (C=O) groups is 2. The maximum Gasteiger partial charge on any atom is 0.264 e. The molecule has 3 rings (SSSR count). The lowest BCUT2D eigenvalue weighted by Gasteiger charge is -2.32. The van der Waals surface area contributed by atoms with E-state index in [1.807, 2.05) is 32.9 Å². The zero-order chi connectivity index (χ0) is 28.6. The highest BCUT2D eigenvalue weighted by molar-refractivity contribution is 7.92. The van der Waals surface area contributed by atoms with Crippen LogP contribution in [-0.4, -0.2) is 50.9 Å². The SMILES string of the molecule is CC[C@H](C)NC(=O)[C@H](C)N(Cc1cccc(OC)c1)C(=O)CN(c1cccc(C)c1)S(=O)(=O)c1ccccc1. The van der Waals surface area contributed by atoms with Crippen LogP contribution in [0.4, 0.5) is 5.69 Å². The molecule has 9 heteroatoms. The van der Waals surface area contributed by atoms with E-state index in [0.717, 1.165) is 21.9 Å². The number of hydrogen-bond acceptors (Lipinski definition) is 5. The van der Waals surface area contributed by atoms with E-state index in [2.05, 4.69) is 5.32 Å².